The van der Waals surface area contributed by atoms with Gasteiger partial charge in [0, 0.05) is 27.9 Å². The molecule has 0 aromatic heterocycles. The lowest BCUT2D eigenvalue weighted by Gasteiger charge is -2.35. The van der Waals surface area contributed by atoms with Gasteiger partial charge in [-0.2, -0.15) is 0 Å². The predicted molar refractivity (Wildman–Crippen MR) is 279 cm³/mol. The maximum absolute atomic E-state index is 2.49. The third-order valence-electron chi connectivity index (χ3n) is 15.7. The molecular formula is C66H49N. The van der Waals surface area contributed by atoms with Crippen molar-refractivity contribution in [1.29, 1.82) is 0 Å². The van der Waals surface area contributed by atoms with Crippen molar-refractivity contribution in [3.63, 3.8) is 0 Å². The van der Waals surface area contributed by atoms with Gasteiger partial charge in [-0.3, -0.25) is 0 Å². The van der Waals surface area contributed by atoms with Crippen LogP contribution in [0.15, 0.2) is 243 Å². The van der Waals surface area contributed by atoms with E-state index in [0.717, 1.165) is 17.1 Å². The SMILES string of the molecule is CC1(C)c2ccccc2-c2ccc(N(c3ccc(-c4cccc5c4-c4ccccc4C5(C)c4ccccc4)cc3)c3ccc4c(c3)C(c3ccccc3)(c3ccccc3)c3ccccc3-4)cc21. The first-order valence-corrected chi connectivity index (χ1v) is 23.7. The molecular weight excluding hydrogens is 807 g/mol. The molecule has 1 atom stereocenters. The summed E-state index contributed by atoms with van der Waals surface area (Å²) < 4.78 is 0. The number of rotatable bonds is 7. The summed E-state index contributed by atoms with van der Waals surface area (Å²) >= 11 is 0. The van der Waals surface area contributed by atoms with Crippen LogP contribution in [0.5, 0.6) is 0 Å². The topological polar surface area (TPSA) is 3.24 Å². The molecule has 0 amide bonds. The number of nitrogens with zero attached hydrogens (tertiary/aromatic N) is 1. The van der Waals surface area contributed by atoms with E-state index in [2.05, 4.69) is 268 Å². The van der Waals surface area contributed by atoms with Crippen LogP contribution in [-0.2, 0) is 16.2 Å². The summed E-state index contributed by atoms with van der Waals surface area (Å²) in [6.07, 6.45) is 0. The third kappa shape index (κ3) is 5.55. The van der Waals surface area contributed by atoms with E-state index in [1.807, 2.05) is 0 Å². The zero-order valence-electron chi connectivity index (χ0n) is 38.0. The molecule has 0 bridgehead atoms. The summed E-state index contributed by atoms with van der Waals surface area (Å²) in [5.74, 6) is 0. The molecule has 3 aliphatic carbocycles. The van der Waals surface area contributed by atoms with E-state index in [1.165, 1.54) is 94.6 Å². The van der Waals surface area contributed by atoms with Crippen LogP contribution in [0.1, 0.15) is 70.8 Å². The van der Waals surface area contributed by atoms with Gasteiger partial charge in [-0.05, 0) is 138 Å². The minimum absolute atomic E-state index is 0.148. The van der Waals surface area contributed by atoms with Crippen LogP contribution in [0.4, 0.5) is 17.1 Å². The highest BCUT2D eigenvalue weighted by Gasteiger charge is 2.47. The minimum atomic E-state index is -0.514. The number of hydrogen-bond acceptors (Lipinski definition) is 1. The molecule has 0 saturated heterocycles. The average molecular weight is 856 g/mol. The molecule has 0 N–H and O–H groups in total. The van der Waals surface area contributed by atoms with E-state index in [-0.39, 0.29) is 10.8 Å². The van der Waals surface area contributed by atoms with Gasteiger partial charge in [0.05, 0.1) is 5.41 Å². The molecule has 0 radical (unpaired) electrons. The highest BCUT2D eigenvalue weighted by molar-refractivity contribution is 5.95. The number of benzene rings is 10. The van der Waals surface area contributed by atoms with Gasteiger partial charge in [0.2, 0.25) is 0 Å². The second-order valence-corrected chi connectivity index (χ2v) is 19.3. The van der Waals surface area contributed by atoms with Crippen molar-refractivity contribution in [2.75, 3.05) is 4.90 Å². The fraction of sp³-hybridized carbons (Fsp3) is 0.0909. The molecule has 13 rings (SSSR count). The average Bonchev–Trinajstić information content (AvgIpc) is 3.93. The van der Waals surface area contributed by atoms with E-state index in [9.17, 15) is 0 Å². The van der Waals surface area contributed by atoms with E-state index < -0.39 is 5.41 Å². The molecule has 0 heterocycles. The number of hydrogen-bond donors (Lipinski definition) is 0. The van der Waals surface area contributed by atoms with Gasteiger partial charge in [0.1, 0.15) is 0 Å². The molecule has 318 valence electrons. The summed E-state index contributed by atoms with van der Waals surface area (Å²) in [4.78, 5) is 2.49. The lowest BCUT2D eigenvalue weighted by Crippen LogP contribution is -2.28. The molecule has 0 aliphatic heterocycles. The van der Waals surface area contributed by atoms with E-state index in [1.54, 1.807) is 0 Å². The number of fused-ring (bicyclic) bond motifs is 9. The van der Waals surface area contributed by atoms with Gasteiger partial charge in [-0.25, -0.2) is 0 Å². The Kier molecular flexibility index (Phi) is 8.67. The molecule has 1 nitrogen and oxygen atoms in total. The maximum atomic E-state index is 2.49. The van der Waals surface area contributed by atoms with Gasteiger partial charge in [-0.1, -0.05) is 220 Å². The Morgan fingerprint density at radius 3 is 1.34 bits per heavy atom. The van der Waals surface area contributed by atoms with Gasteiger partial charge < -0.3 is 4.90 Å². The second kappa shape index (κ2) is 14.8. The molecule has 0 spiro atoms. The monoisotopic (exact) mass is 855 g/mol. The maximum Gasteiger partial charge on any atom is 0.0714 e. The summed E-state index contributed by atoms with van der Waals surface area (Å²) in [5, 5.41) is 0. The zero-order valence-corrected chi connectivity index (χ0v) is 38.0. The van der Waals surface area contributed by atoms with Crippen LogP contribution in [0, 0.1) is 0 Å². The second-order valence-electron chi connectivity index (χ2n) is 19.3. The minimum Gasteiger partial charge on any atom is -0.310 e. The molecule has 10 aromatic rings. The summed E-state index contributed by atoms with van der Waals surface area (Å²) in [6.45, 7) is 7.15. The summed E-state index contributed by atoms with van der Waals surface area (Å²) in [7, 11) is 0. The van der Waals surface area contributed by atoms with E-state index in [0.29, 0.717) is 0 Å². The zero-order chi connectivity index (χ0) is 44.9. The van der Waals surface area contributed by atoms with Crippen LogP contribution in [0.25, 0.3) is 44.5 Å². The highest BCUT2D eigenvalue weighted by Crippen LogP contribution is 2.59. The van der Waals surface area contributed by atoms with Gasteiger partial charge in [0.15, 0.2) is 0 Å². The Balaban J connectivity index is 1.01. The molecule has 67 heavy (non-hydrogen) atoms. The van der Waals surface area contributed by atoms with E-state index >= 15 is 0 Å². The van der Waals surface area contributed by atoms with Crippen LogP contribution in [-0.4, -0.2) is 0 Å². The Labute approximate surface area is 394 Å². The van der Waals surface area contributed by atoms with Crippen LogP contribution in [0.2, 0.25) is 0 Å². The van der Waals surface area contributed by atoms with Crippen LogP contribution >= 0.6 is 0 Å². The van der Waals surface area contributed by atoms with Gasteiger partial charge in [-0.15, -0.1) is 0 Å². The van der Waals surface area contributed by atoms with Crippen molar-refractivity contribution in [3.8, 4) is 44.5 Å². The van der Waals surface area contributed by atoms with Crippen molar-refractivity contribution < 1.29 is 0 Å². The first kappa shape index (κ1) is 39.4. The summed E-state index contributed by atoms with van der Waals surface area (Å²) in [6, 6.07) is 90.8. The van der Waals surface area contributed by atoms with Crippen molar-refractivity contribution >= 4 is 17.1 Å². The van der Waals surface area contributed by atoms with Gasteiger partial charge in [0.25, 0.3) is 0 Å². The quantitative estimate of drug-likeness (QED) is 0.154. The Hall–Kier alpha value is -8.00. The highest BCUT2D eigenvalue weighted by atomic mass is 15.1. The first-order chi connectivity index (χ1) is 32.9. The standard InChI is InChI=1S/C66H49N/c1-64(2)57-30-16-13-26-52(57)54-40-38-49(42-61(54)64)67(50-39-41-55-53-27-14-18-32-59(53)66(62(55)43-50,46-22-9-5-10-23-46)47-24-11-6-12-25-47)48-36-34-44(35-37-48)51-29-19-33-60-63(51)56-28-15-17-31-58(56)65(60,3)45-20-7-4-8-21-45/h4-43H,1-3H3. The molecule has 0 saturated carbocycles. The Morgan fingerprint density at radius 1 is 0.284 bits per heavy atom. The van der Waals surface area contributed by atoms with Crippen molar-refractivity contribution in [1.82, 2.24) is 0 Å². The Bertz CT molecular complexity index is 3510. The Morgan fingerprint density at radius 2 is 0.716 bits per heavy atom. The van der Waals surface area contributed by atoms with Crippen LogP contribution in [0.3, 0.4) is 0 Å². The van der Waals surface area contributed by atoms with Gasteiger partial charge >= 0.3 is 0 Å². The predicted octanol–water partition coefficient (Wildman–Crippen LogP) is 16.8. The van der Waals surface area contributed by atoms with Crippen molar-refractivity contribution in [2.45, 2.75) is 37.0 Å². The van der Waals surface area contributed by atoms with E-state index in [4.69, 9.17) is 0 Å². The normalized spacial score (nSPS) is 16.3. The lowest BCUT2D eigenvalue weighted by molar-refractivity contribution is 0.660. The summed E-state index contributed by atoms with van der Waals surface area (Å²) in [5.41, 5.74) is 24.6. The smallest absolute Gasteiger partial charge is 0.0714 e. The van der Waals surface area contributed by atoms with Crippen LogP contribution < -0.4 is 4.90 Å². The molecule has 0 fully saturated rings. The third-order valence-corrected chi connectivity index (χ3v) is 15.7. The molecule has 1 heteroatoms. The molecule has 10 aromatic carbocycles. The first-order valence-electron chi connectivity index (χ1n) is 23.7. The fourth-order valence-corrected chi connectivity index (χ4v) is 12.5. The molecule has 1 unspecified atom stereocenters. The largest absolute Gasteiger partial charge is 0.310 e. The number of anilines is 3. The lowest BCUT2D eigenvalue weighted by atomic mass is 9.67. The van der Waals surface area contributed by atoms with Crippen molar-refractivity contribution in [2.24, 2.45) is 0 Å². The fourth-order valence-electron chi connectivity index (χ4n) is 12.5. The molecule has 3 aliphatic rings. The van der Waals surface area contributed by atoms with Crippen molar-refractivity contribution in [3.05, 3.63) is 293 Å².